The zero-order chi connectivity index (χ0) is 17.2. The fourth-order valence-electron chi connectivity index (χ4n) is 2.69. The van der Waals surface area contributed by atoms with E-state index in [0.717, 1.165) is 0 Å². The molecule has 0 bridgehead atoms. The Bertz CT molecular complexity index is 686. The molecule has 23 heavy (non-hydrogen) atoms. The lowest BCUT2D eigenvalue weighted by atomic mass is 9.73. The van der Waals surface area contributed by atoms with Crippen LogP contribution in [-0.4, -0.2) is 28.6 Å². The lowest BCUT2D eigenvalue weighted by Crippen LogP contribution is -2.36. The van der Waals surface area contributed by atoms with E-state index in [1.165, 1.54) is 6.92 Å². The number of nitrogens with zero attached hydrogens (tertiary/aromatic N) is 1. The Balaban J connectivity index is 2.57. The predicted molar refractivity (Wildman–Crippen MR) is 85.9 cm³/mol. The molecule has 1 aromatic rings. The van der Waals surface area contributed by atoms with Crippen molar-refractivity contribution in [1.29, 1.82) is 0 Å². The van der Waals surface area contributed by atoms with Crippen LogP contribution in [0, 0.1) is 5.41 Å². The summed E-state index contributed by atoms with van der Waals surface area (Å²) >= 11 is 0. The normalized spacial score (nSPS) is 22.7. The number of aliphatic hydroxyl groups excluding tert-OH is 1. The third-order valence-electron chi connectivity index (χ3n) is 3.83. The molecule has 0 saturated heterocycles. The monoisotopic (exact) mass is 314 g/mol. The average Bonchev–Trinajstić information content (AvgIpc) is 2.46. The molecule has 1 atom stereocenters. The number of ketones is 1. The van der Waals surface area contributed by atoms with Crippen molar-refractivity contribution in [3.63, 3.8) is 0 Å². The molecule has 5 heteroatoms. The van der Waals surface area contributed by atoms with E-state index >= 15 is 0 Å². The number of aliphatic hydroxyl groups is 1. The molecular weight excluding hydrogens is 294 g/mol. The number of carbonyl (C=O) groups is 2. The van der Waals surface area contributed by atoms with Crippen LogP contribution in [0.25, 0.3) is 5.76 Å². The maximum Gasteiger partial charge on any atom is 0.168 e. The van der Waals surface area contributed by atoms with Gasteiger partial charge in [-0.3, -0.25) is 9.79 Å². The third-order valence-corrected chi connectivity index (χ3v) is 3.83. The molecule has 2 rings (SSSR count). The lowest BCUT2D eigenvalue weighted by Gasteiger charge is -2.32. The zero-order valence-electron chi connectivity index (χ0n) is 13.5. The summed E-state index contributed by atoms with van der Waals surface area (Å²) in [6, 6.07) is 7.61. The SMILES string of the molecule is CC(N=C1CC(C)(C)CC(=O)/C1=C(/O)c1ccccc1)C(=O)[O-]. The van der Waals surface area contributed by atoms with Crippen LogP contribution in [0.5, 0.6) is 0 Å². The Hall–Kier alpha value is -2.43. The Morgan fingerprint density at radius 3 is 2.43 bits per heavy atom. The predicted octanol–water partition coefficient (Wildman–Crippen LogP) is 1.92. The Kier molecular flexibility index (Phi) is 4.68. The van der Waals surface area contributed by atoms with Gasteiger partial charge in [0.05, 0.1) is 23.3 Å². The molecule has 0 spiro atoms. The largest absolute Gasteiger partial charge is 0.548 e. The molecular formula is C18H20NO4-. The number of Topliss-reactive ketones (excluding diaryl/α,β-unsaturated/α-hetero) is 1. The summed E-state index contributed by atoms with van der Waals surface area (Å²) in [7, 11) is 0. The number of rotatable bonds is 3. The van der Waals surface area contributed by atoms with E-state index in [0.29, 0.717) is 17.7 Å². The zero-order valence-corrected chi connectivity index (χ0v) is 13.5. The number of carbonyl (C=O) groups excluding carboxylic acids is 2. The summed E-state index contributed by atoms with van der Waals surface area (Å²) in [6.45, 7) is 5.23. The highest BCUT2D eigenvalue weighted by molar-refractivity contribution is 6.28. The number of hydrogen-bond acceptors (Lipinski definition) is 5. The minimum Gasteiger partial charge on any atom is -0.548 e. The van der Waals surface area contributed by atoms with Crippen LogP contribution < -0.4 is 5.11 Å². The molecule has 1 N–H and O–H groups in total. The van der Waals surface area contributed by atoms with Crippen LogP contribution in [0.1, 0.15) is 39.2 Å². The number of hydrogen-bond donors (Lipinski definition) is 1. The maximum absolute atomic E-state index is 12.5. The van der Waals surface area contributed by atoms with Gasteiger partial charge in [0.15, 0.2) is 5.78 Å². The molecule has 1 aliphatic rings. The average molecular weight is 314 g/mol. The quantitative estimate of drug-likeness (QED) is 0.682. The van der Waals surface area contributed by atoms with Gasteiger partial charge in [-0.05, 0) is 18.8 Å². The summed E-state index contributed by atoms with van der Waals surface area (Å²) < 4.78 is 0. The van der Waals surface area contributed by atoms with Gasteiger partial charge >= 0.3 is 0 Å². The van der Waals surface area contributed by atoms with Crippen molar-refractivity contribution >= 4 is 23.2 Å². The van der Waals surface area contributed by atoms with E-state index in [1.54, 1.807) is 30.3 Å². The number of aliphatic carboxylic acids is 1. The summed E-state index contributed by atoms with van der Waals surface area (Å²) in [5, 5.41) is 21.5. The molecule has 0 radical (unpaired) electrons. The Morgan fingerprint density at radius 1 is 1.26 bits per heavy atom. The first-order chi connectivity index (χ1) is 10.7. The van der Waals surface area contributed by atoms with Crippen molar-refractivity contribution in [2.24, 2.45) is 10.4 Å². The number of aliphatic imine (C=N–C) groups is 1. The van der Waals surface area contributed by atoms with Gasteiger partial charge in [-0.25, -0.2) is 0 Å². The molecule has 0 amide bonds. The van der Waals surface area contributed by atoms with Gasteiger partial charge in [0.2, 0.25) is 0 Å². The standard InChI is InChI=1S/C18H21NO4/c1-11(17(22)23)19-13-9-18(2,3)10-14(20)15(13)16(21)12-7-5-4-6-8-12/h4-8,11,21H,9-10H2,1-3H3,(H,22,23)/p-1/b16-15+,19-13?. The van der Waals surface area contributed by atoms with Gasteiger partial charge < -0.3 is 15.0 Å². The van der Waals surface area contributed by atoms with Crippen molar-refractivity contribution in [2.75, 3.05) is 0 Å². The van der Waals surface area contributed by atoms with Crippen molar-refractivity contribution in [2.45, 2.75) is 39.7 Å². The summed E-state index contributed by atoms with van der Waals surface area (Å²) in [5.74, 6) is -1.70. The van der Waals surface area contributed by atoms with E-state index in [-0.39, 0.29) is 29.0 Å². The van der Waals surface area contributed by atoms with E-state index in [2.05, 4.69) is 4.99 Å². The van der Waals surface area contributed by atoms with Crippen LogP contribution in [0.2, 0.25) is 0 Å². The molecule has 122 valence electrons. The first-order valence-corrected chi connectivity index (χ1v) is 7.51. The smallest absolute Gasteiger partial charge is 0.168 e. The van der Waals surface area contributed by atoms with Crippen LogP contribution in [0.4, 0.5) is 0 Å². The van der Waals surface area contributed by atoms with Gasteiger partial charge in [0.1, 0.15) is 5.76 Å². The Morgan fingerprint density at radius 2 is 1.87 bits per heavy atom. The van der Waals surface area contributed by atoms with Crippen LogP contribution in [0.15, 0.2) is 40.9 Å². The molecule has 1 fully saturated rings. The van der Waals surface area contributed by atoms with Gasteiger partial charge in [0, 0.05) is 12.0 Å². The third kappa shape index (κ3) is 3.86. The lowest BCUT2D eigenvalue weighted by molar-refractivity contribution is -0.306. The maximum atomic E-state index is 12.5. The van der Waals surface area contributed by atoms with Gasteiger partial charge in [-0.15, -0.1) is 0 Å². The summed E-state index contributed by atoms with van der Waals surface area (Å²) in [4.78, 5) is 27.6. The van der Waals surface area contributed by atoms with E-state index in [1.807, 2.05) is 13.8 Å². The van der Waals surface area contributed by atoms with Gasteiger partial charge in [0.25, 0.3) is 0 Å². The fraction of sp³-hybridized carbons (Fsp3) is 0.389. The van der Waals surface area contributed by atoms with E-state index in [9.17, 15) is 19.8 Å². The van der Waals surface area contributed by atoms with Gasteiger partial charge in [-0.1, -0.05) is 44.2 Å². The second-order valence-corrected chi connectivity index (χ2v) is 6.60. The van der Waals surface area contributed by atoms with E-state index < -0.39 is 12.0 Å². The number of benzene rings is 1. The topological polar surface area (TPSA) is 89.8 Å². The van der Waals surface area contributed by atoms with Crippen molar-refractivity contribution < 1.29 is 19.8 Å². The molecule has 0 aromatic heterocycles. The minimum absolute atomic E-state index is 0.114. The van der Waals surface area contributed by atoms with Crippen molar-refractivity contribution in [3.05, 3.63) is 41.5 Å². The number of carboxylic acids is 1. The molecule has 5 nitrogen and oxygen atoms in total. The summed E-state index contributed by atoms with van der Waals surface area (Å²) in [5.41, 5.74) is 0.611. The van der Waals surface area contributed by atoms with Crippen LogP contribution >= 0.6 is 0 Å². The molecule has 1 aliphatic carbocycles. The minimum atomic E-state index is -1.31. The van der Waals surface area contributed by atoms with Crippen LogP contribution in [0.3, 0.4) is 0 Å². The highest BCUT2D eigenvalue weighted by Gasteiger charge is 2.36. The molecule has 1 unspecified atom stereocenters. The fourth-order valence-corrected chi connectivity index (χ4v) is 2.69. The Labute approximate surface area is 135 Å². The molecule has 1 aromatic carbocycles. The number of carboxylic acid groups (broad SMARTS) is 1. The van der Waals surface area contributed by atoms with Gasteiger partial charge in [-0.2, -0.15) is 0 Å². The molecule has 0 aliphatic heterocycles. The first kappa shape index (κ1) is 16.9. The highest BCUT2D eigenvalue weighted by Crippen LogP contribution is 2.36. The molecule has 0 heterocycles. The molecule has 1 saturated carbocycles. The van der Waals surface area contributed by atoms with E-state index in [4.69, 9.17) is 0 Å². The number of allylic oxidation sites excluding steroid dienone is 1. The van der Waals surface area contributed by atoms with Crippen molar-refractivity contribution in [3.8, 4) is 0 Å². The summed E-state index contributed by atoms with van der Waals surface area (Å²) in [6.07, 6.45) is 0.695. The van der Waals surface area contributed by atoms with Crippen molar-refractivity contribution in [1.82, 2.24) is 0 Å². The second-order valence-electron chi connectivity index (χ2n) is 6.60. The highest BCUT2D eigenvalue weighted by atomic mass is 16.4. The second kappa shape index (κ2) is 6.36. The van der Waals surface area contributed by atoms with Crippen LogP contribution in [-0.2, 0) is 9.59 Å². The first-order valence-electron chi connectivity index (χ1n) is 7.51.